The third-order valence-electron chi connectivity index (χ3n) is 3.26. The van der Waals surface area contributed by atoms with Gasteiger partial charge in [0.1, 0.15) is 0 Å². The third-order valence-corrected chi connectivity index (χ3v) is 4.29. The monoisotopic (exact) mass is 355 g/mol. The van der Waals surface area contributed by atoms with Crippen molar-refractivity contribution in [1.82, 2.24) is 24.9 Å². The van der Waals surface area contributed by atoms with Crippen LogP contribution in [0.25, 0.3) is 0 Å². The van der Waals surface area contributed by atoms with Crippen LogP contribution < -0.4 is 5.32 Å². The van der Waals surface area contributed by atoms with Crippen molar-refractivity contribution < 1.29 is 4.74 Å². The number of nitrogens with one attached hydrogen (secondary N) is 1. The molecule has 21 heavy (non-hydrogen) atoms. The Balaban J connectivity index is 1.99. The maximum atomic E-state index is 5.01. The molecule has 6 nitrogen and oxygen atoms in total. The van der Waals surface area contributed by atoms with Crippen LogP contribution in [0.4, 0.5) is 0 Å². The van der Waals surface area contributed by atoms with Gasteiger partial charge in [-0.2, -0.15) is 10.2 Å². The molecule has 0 amide bonds. The zero-order valence-corrected chi connectivity index (χ0v) is 14.4. The molecular weight excluding hydrogens is 334 g/mol. The summed E-state index contributed by atoms with van der Waals surface area (Å²) in [5.41, 5.74) is 3.33. The summed E-state index contributed by atoms with van der Waals surface area (Å²) in [6.45, 7) is 8.04. The van der Waals surface area contributed by atoms with E-state index in [1.165, 1.54) is 5.56 Å². The van der Waals surface area contributed by atoms with Crippen molar-refractivity contribution in [3.63, 3.8) is 0 Å². The first-order valence-corrected chi connectivity index (χ1v) is 7.87. The molecule has 0 fully saturated rings. The molecule has 0 aromatic carbocycles. The van der Waals surface area contributed by atoms with Gasteiger partial charge in [-0.3, -0.25) is 9.36 Å². The van der Waals surface area contributed by atoms with E-state index >= 15 is 0 Å². The second-order valence-corrected chi connectivity index (χ2v) is 5.67. The van der Waals surface area contributed by atoms with E-state index in [0.717, 1.165) is 42.1 Å². The molecule has 0 spiro atoms. The van der Waals surface area contributed by atoms with E-state index in [9.17, 15) is 0 Å². The highest BCUT2D eigenvalue weighted by molar-refractivity contribution is 9.10. The number of aryl methyl sites for hydroxylation is 2. The van der Waals surface area contributed by atoms with Gasteiger partial charge in [-0.15, -0.1) is 0 Å². The predicted octanol–water partition coefficient (Wildman–Crippen LogP) is 1.95. The zero-order chi connectivity index (χ0) is 15.2. The van der Waals surface area contributed by atoms with E-state index in [-0.39, 0.29) is 0 Å². The average Bonchev–Trinajstić information content (AvgIpc) is 3.03. The van der Waals surface area contributed by atoms with E-state index in [1.807, 2.05) is 22.5 Å². The van der Waals surface area contributed by atoms with Gasteiger partial charge in [0.2, 0.25) is 0 Å². The Morgan fingerprint density at radius 3 is 2.95 bits per heavy atom. The van der Waals surface area contributed by atoms with Crippen LogP contribution in [0.5, 0.6) is 0 Å². The molecular formula is C14H22BrN5O. The van der Waals surface area contributed by atoms with Crippen LogP contribution in [-0.4, -0.2) is 39.8 Å². The van der Waals surface area contributed by atoms with Crippen LogP contribution >= 0.6 is 15.9 Å². The van der Waals surface area contributed by atoms with Crippen molar-refractivity contribution >= 4 is 15.9 Å². The number of halogens is 1. The molecule has 2 aromatic heterocycles. The number of aromatic nitrogens is 4. The standard InChI is InChI=1S/C14H22BrN5O/c1-4-20-13(14(15)11(2)18-20)10-19-9-12(8-17-19)7-16-5-6-21-3/h8-9,16H,4-7,10H2,1-3H3. The second-order valence-electron chi connectivity index (χ2n) is 4.88. The van der Waals surface area contributed by atoms with Gasteiger partial charge < -0.3 is 10.1 Å². The summed E-state index contributed by atoms with van der Waals surface area (Å²) in [5, 5.41) is 12.2. The minimum Gasteiger partial charge on any atom is -0.383 e. The summed E-state index contributed by atoms with van der Waals surface area (Å²) < 4.78 is 10.0. The first-order chi connectivity index (χ1) is 10.2. The summed E-state index contributed by atoms with van der Waals surface area (Å²) >= 11 is 3.61. The molecule has 2 heterocycles. The average molecular weight is 356 g/mol. The molecule has 0 bridgehead atoms. The summed E-state index contributed by atoms with van der Waals surface area (Å²) in [6, 6.07) is 0. The van der Waals surface area contributed by atoms with Crippen molar-refractivity contribution in [1.29, 1.82) is 0 Å². The fourth-order valence-corrected chi connectivity index (χ4v) is 2.57. The SMILES string of the molecule is CCn1nc(C)c(Br)c1Cn1cc(CNCCOC)cn1. The fourth-order valence-electron chi connectivity index (χ4n) is 2.16. The lowest BCUT2D eigenvalue weighted by atomic mass is 10.3. The van der Waals surface area contributed by atoms with Crippen LogP contribution in [0.15, 0.2) is 16.9 Å². The van der Waals surface area contributed by atoms with Crippen LogP contribution in [0, 0.1) is 6.92 Å². The van der Waals surface area contributed by atoms with Crippen molar-refractivity contribution in [2.45, 2.75) is 33.5 Å². The van der Waals surface area contributed by atoms with Gasteiger partial charge in [-0.25, -0.2) is 0 Å². The highest BCUT2D eigenvalue weighted by Gasteiger charge is 2.12. The predicted molar refractivity (Wildman–Crippen MR) is 85.2 cm³/mol. The lowest BCUT2D eigenvalue weighted by Gasteiger charge is -2.05. The number of hydrogen-bond acceptors (Lipinski definition) is 4. The first-order valence-electron chi connectivity index (χ1n) is 7.08. The topological polar surface area (TPSA) is 56.9 Å². The molecule has 7 heteroatoms. The van der Waals surface area contributed by atoms with E-state index in [4.69, 9.17) is 4.74 Å². The minimum absolute atomic E-state index is 0.716. The minimum atomic E-state index is 0.716. The molecule has 0 unspecified atom stereocenters. The Hall–Kier alpha value is -1.18. The van der Waals surface area contributed by atoms with Gasteiger partial charge in [0, 0.05) is 38.5 Å². The molecule has 116 valence electrons. The fraction of sp³-hybridized carbons (Fsp3) is 0.571. The summed E-state index contributed by atoms with van der Waals surface area (Å²) in [7, 11) is 1.70. The number of rotatable bonds is 8. The smallest absolute Gasteiger partial charge is 0.0839 e. The van der Waals surface area contributed by atoms with E-state index < -0.39 is 0 Å². The molecule has 0 saturated carbocycles. The highest BCUT2D eigenvalue weighted by atomic mass is 79.9. The van der Waals surface area contributed by atoms with Gasteiger partial charge >= 0.3 is 0 Å². The van der Waals surface area contributed by atoms with Gasteiger partial charge in [0.05, 0.1) is 35.2 Å². The highest BCUT2D eigenvalue weighted by Crippen LogP contribution is 2.21. The van der Waals surface area contributed by atoms with Gasteiger partial charge in [0.25, 0.3) is 0 Å². The number of ether oxygens (including phenoxy) is 1. The molecule has 0 aliphatic carbocycles. The maximum Gasteiger partial charge on any atom is 0.0839 e. The van der Waals surface area contributed by atoms with E-state index in [1.54, 1.807) is 7.11 Å². The Labute approximate surface area is 133 Å². The first kappa shape index (κ1) is 16.2. The lowest BCUT2D eigenvalue weighted by Crippen LogP contribution is -2.18. The zero-order valence-electron chi connectivity index (χ0n) is 12.8. The Bertz CT molecular complexity index is 578. The Kier molecular flexibility index (Phi) is 5.96. The number of hydrogen-bond donors (Lipinski definition) is 1. The summed E-state index contributed by atoms with van der Waals surface area (Å²) in [4.78, 5) is 0. The van der Waals surface area contributed by atoms with Crippen molar-refractivity contribution in [3.8, 4) is 0 Å². The maximum absolute atomic E-state index is 5.01. The molecule has 0 atom stereocenters. The molecule has 0 radical (unpaired) electrons. The Morgan fingerprint density at radius 1 is 1.43 bits per heavy atom. The second kappa shape index (κ2) is 7.72. The summed E-state index contributed by atoms with van der Waals surface area (Å²) in [6.07, 6.45) is 3.96. The largest absolute Gasteiger partial charge is 0.383 e. The van der Waals surface area contributed by atoms with Gasteiger partial charge in [-0.1, -0.05) is 0 Å². The number of methoxy groups -OCH3 is 1. The molecule has 2 aromatic rings. The van der Waals surface area contributed by atoms with Gasteiger partial charge in [-0.05, 0) is 29.8 Å². The van der Waals surface area contributed by atoms with E-state index in [0.29, 0.717) is 6.54 Å². The third kappa shape index (κ3) is 4.15. The number of nitrogens with zero attached hydrogens (tertiary/aromatic N) is 4. The lowest BCUT2D eigenvalue weighted by molar-refractivity contribution is 0.199. The van der Waals surface area contributed by atoms with Gasteiger partial charge in [0.15, 0.2) is 0 Å². The van der Waals surface area contributed by atoms with Crippen LogP contribution in [0.1, 0.15) is 23.9 Å². The van der Waals surface area contributed by atoms with Crippen LogP contribution in [0.3, 0.4) is 0 Å². The molecule has 0 saturated heterocycles. The normalized spacial score (nSPS) is 11.2. The molecule has 1 N–H and O–H groups in total. The Morgan fingerprint density at radius 2 is 2.24 bits per heavy atom. The van der Waals surface area contributed by atoms with E-state index in [2.05, 4.69) is 44.6 Å². The molecule has 0 aliphatic rings. The van der Waals surface area contributed by atoms with Crippen molar-refractivity contribution in [3.05, 3.63) is 33.8 Å². The van der Waals surface area contributed by atoms with Crippen molar-refractivity contribution in [2.75, 3.05) is 20.3 Å². The summed E-state index contributed by atoms with van der Waals surface area (Å²) in [5.74, 6) is 0. The van der Waals surface area contributed by atoms with Crippen LogP contribution in [-0.2, 0) is 24.4 Å². The molecule has 2 rings (SSSR count). The van der Waals surface area contributed by atoms with Crippen molar-refractivity contribution in [2.24, 2.45) is 0 Å². The molecule has 0 aliphatic heterocycles. The van der Waals surface area contributed by atoms with Crippen LogP contribution in [0.2, 0.25) is 0 Å². The quantitative estimate of drug-likeness (QED) is 0.735.